The molecule has 1 heterocycles. The third-order valence-electron chi connectivity index (χ3n) is 2.35. The second-order valence-electron chi connectivity index (χ2n) is 3.84. The van der Waals surface area contributed by atoms with Gasteiger partial charge in [-0.2, -0.15) is 0 Å². The quantitative estimate of drug-likeness (QED) is 0.661. The molecule has 0 atom stereocenters. The second-order valence-corrected chi connectivity index (χ2v) is 3.84. The number of carbonyl (C=O) groups excluding carboxylic acids is 2. The number of ether oxygens (including phenoxy) is 1. The smallest absolute Gasteiger partial charge is 0.406 e. The molecule has 100 valence electrons. The maximum absolute atomic E-state index is 11.9. The van der Waals surface area contributed by atoms with E-state index in [0.717, 1.165) is 12.1 Å². The molecular formula is C12H8F3NO3. The summed E-state index contributed by atoms with van der Waals surface area (Å²) in [6, 6.07) is 5.00. The zero-order valence-corrected chi connectivity index (χ0v) is 9.45. The van der Waals surface area contributed by atoms with Gasteiger partial charge in [-0.25, -0.2) is 0 Å². The lowest BCUT2D eigenvalue weighted by Crippen LogP contribution is -2.19. The van der Waals surface area contributed by atoms with E-state index in [2.05, 4.69) is 10.1 Å². The fourth-order valence-corrected chi connectivity index (χ4v) is 1.59. The van der Waals surface area contributed by atoms with E-state index in [4.69, 9.17) is 0 Å². The van der Waals surface area contributed by atoms with Gasteiger partial charge in [0.15, 0.2) is 0 Å². The first-order valence-electron chi connectivity index (χ1n) is 5.24. The molecule has 2 rings (SSSR count). The Morgan fingerprint density at radius 1 is 1.16 bits per heavy atom. The molecular weight excluding hydrogens is 263 g/mol. The standard InChI is InChI=1S/C12H8F3NO3/c13-12(14,15)19-9-3-1-7(2-4-9)5-8-6-10(17)16-11(8)18/h1-5H,6H2,(H,16,17,18). The van der Waals surface area contributed by atoms with Gasteiger partial charge in [0.1, 0.15) is 5.75 Å². The zero-order chi connectivity index (χ0) is 14.0. The predicted molar refractivity (Wildman–Crippen MR) is 58.9 cm³/mol. The number of halogens is 3. The Labute approximate surface area is 105 Å². The highest BCUT2D eigenvalue weighted by Crippen LogP contribution is 2.23. The van der Waals surface area contributed by atoms with Crippen LogP contribution in [0.4, 0.5) is 13.2 Å². The summed E-state index contributed by atoms with van der Waals surface area (Å²) >= 11 is 0. The molecule has 1 aromatic rings. The van der Waals surface area contributed by atoms with E-state index in [0.29, 0.717) is 5.56 Å². The van der Waals surface area contributed by atoms with Crippen LogP contribution in [0.2, 0.25) is 0 Å². The van der Waals surface area contributed by atoms with Crippen LogP contribution < -0.4 is 10.1 Å². The Hall–Kier alpha value is -2.31. The molecule has 0 radical (unpaired) electrons. The number of hydrogen-bond donors (Lipinski definition) is 1. The molecule has 1 fully saturated rings. The molecule has 0 saturated carbocycles. The Bertz CT molecular complexity index is 546. The Morgan fingerprint density at radius 3 is 2.26 bits per heavy atom. The first kappa shape index (κ1) is 13.1. The number of imide groups is 1. The SMILES string of the molecule is O=C1CC(=Cc2ccc(OC(F)(F)F)cc2)C(=O)N1. The minimum Gasteiger partial charge on any atom is -0.406 e. The number of rotatable bonds is 2. The summed E-state index contributed by atoms with van der Waals surface area (Å²) in [6.45, 7) is 0. The summed E-state index contributed by atoms with van der Waals surface area (Å²) < 4.78 is 39.5. The average Bonchev–Trinajstić information content (AvgIpc) is 2.58. The molecule has 2 amide bonds. The van der Waals surface area contributed by atoms with E-state index in [9.17, 15) is 22.8 Å². The Kier molecular flexibility index (Phi) is 3.28. The number of benzene rings is 1. The molecule has 0 unspecified atom stereocenters. The fourth-order valence-electron chi connectivity index (χ4n) is 1.59. The average molecular weight is 271 g/mol. The van der Waals surface area contributed by atoms with Crippen molar-refractivity contribution < 1.29 is 27.5 Å². The molecule has 0 aromatic heterocycles. The van der Waals surface area contributed by atoms with Crippen molar-refractivity contribution in [3.63, 3.8) is 0 Å². The van der Waals surface area contributed by atoms with Gasteiger partial charge in [0.25, 0.3) is 5.91 Å². The van der Waals surface area contributed by atoms with E-state index in [1.807, 2.05) is 0 Å². The highest BCUT2D eigenvalue weighted by molar-refractivity contribution is 6.15. The second kappa shape index (κ2) is 4.75. The van der Waals surface area contributed by atoms with Crippen molar-refractivity contribution in [2.75, 3.05) is 0 Å². The summed E-state index contributed by atoms with van der Waals surface area (Å²) in [5.41, 5.74) is 0.781. The van der Waals surface area contributed by atoms with Crippen molar-refractivity contribution in [2.24, 2.45) is 0 Å². The minimum absolute atomic E-state index is 0.0281. The lowest BCUT2D eigenvalue weighted by Gasteiger charge is -2.08. The van der Waals surface area contributed by atoms with Crippen molar-refractivity contribution in [2.45, 2.75) is 12.8 Å². The van der Waals surface area contributed by atoms with Crippen LogP contribution in [0.5, 0.6) is 5.75 Å². The number of carbonyl (C=O) groups is 2. The highest BCUT2D eigenvalue weighted by Gasteiger charge is 2.31. The predicted octanol–water partition coefficient (Wildman–Crippen LogP) is 2.02. The maximum atomic E-state index is 11.9. The van der Waals surface area contributed by atoms with Crippen LogP contribution in [0.3, 0.4) is 0 Å². The summed E-state index contributed by atoms with van der Waals surface area (Å²) in [6.07, 6.45) is -3.32. The summed E-state index contributed by atoms with van der Waals surface area (Å²) in [4.78, 5) is 22.2. The molecule has 7 heteroatoms. The van der Waals surface area contributed by atoms with Gasteiger partial charge in [-0.15, -0.1) is 13.2 Å². The molecule has 1 N–H and O–H groups in total. The Balaban J connectivity index is 2.13. The van der Waals surface area contributed by atoms with Crippen LogP contribution in [-0.4, -0.2) is 18.2 Å². The highest BCUT2D eigenvalue weighted by atomic mass is 19.4. The van der Waals surface area contributed by atoms with E-state index in [1.165, 1.54) is 18.2 Å². The van der Waals surface area contributed by atoms with Gasteiger partial charge in [0.2, 0.25) is 5.91 Å². The molecule has 1 aromatic carbocycles. The van der Waals surface area contributed by atoms with Gasteiger partial charge in [-0.1, -0.05) is 12.1 Å². The van der Waals surface area contributed by atoms with Crippen LogP contribution in [-0.2, 0) is 9.59 Å². The molecule has 4 nitrogen and oxygen atoms in total. The molecule has 0 spiro atoms. The topological polar surface area (TPSA) is 55.4 Å². The lowest BCUT2D eigenvalue weighted by atomic mass is 10.1. The van der Waals surface area contributed by atoms with Crippen LogP contribution >= 0.6 is 0 Å². The number of hydrogen-bond acceptors (Lipinski definition) is 3. The first-order valence-corrected chi connectivity index (χ1v) is 5.24. The molecule has 0 aliphatic carbocycles. The number of alkyl halides is 3. The van der Waals surface area contributed by atoms with Crippen LogP contribution in [0, 0.1) is 0 Å². The summed E-state index contributed by atoms with van der Waals surface area (Å²) in [5.74, 6) is -1.23. The maximum Gasteiger partial charge on any atom is 0.573 e. The number of amides is 2. The van der Waals surface area contributed by atoms with Crippen molar-refractivity contribution in [3.8, 4) is 5.75 Å². The third kappa shape index (κ3) is 3.57. The minimum atomic E-state index is -4.74. The van der Waals surface area contributed by atoms with Crippen LogP contribution in [0.15, 0.2) is 29.8 Å². The van der Waals surface area contributed by atoms with Crippen LogP contribution in [0.1, 0.15) is 12.0 Å². The fraction of sp³-hybridized carbons (Fsp3) is 0.167. The summed E-state index contributed by atoms with van der Waals surface area (Å²) in [7, 11) is 0. The molecule has 1 aliphatic rings. The monoisotopic (exact) mass is 271 g/mol. The van der Waals surface area contributed by atoms with E-state index in [-0.39, 0.29) is 17.7 Å². The largest absolute Gasteiger partial charge is 0.573 e. The number of nitrogens with one attached hydrogen (secondary N) is 1. The molecule has 1 saturated heterocycles. The van der Waals surface area contributed by atoms with Crippen molar-refractivity contribution >= 4 is 17.9 Å². The van der Waals surface area contributed by atoms with Gasteiger partial charge < -0.3 is 4.74 Å². The first-order chi connectivity index (χ1) is 8.83. The third-order valence-corrected chi connectivity index (χ3v) is 2.35. The van der Waals surface area contributed by atoms with Gasteiger partial charge >= 0.3 is 6.36 Å². The lowest BCUT2D eigenvalue weighted by molar-refractivity contribution is -0.274. The van der Waals surface area contributed by atoms with Gasteiger partial charge in [-0.05, 0) is 23.8 Å². The van der Waals surface area contributed by atoms with Crippen LogP contribution in [0.25, 0.3) is 6.08 Å². The zero-order valence-electron chi connectivity index (χ0n) is 9.45. The van der Waals surface area contributed by atoms with Gasteiger partial charge in [-0.3, -0.25) is 14.9 Å². The van der Waals surface area contributed by atoms with E-state index < -0.39 is 18.2 Å². The molecule has 1 aliphatic heterocycles. The Morgan fingerprint density at radius 2 is 1.79 bits per heavy atom. The van der Waals surface area contributed by atoms with Crippen molar-refractivity contribution in [1.29, 1.82) is 0 Å². The van der Waals surface area contributed by atoms with Gasteiger partial charge in [0, 0.05) is 5.57 Å². The molecule has 0 bridgehead atoms. The van der Waals surface area contributed by atoms with Crippen molar-refractivity contribution in [1.82, 2.24) is 5.32 Å². The van der Waals surface area contributed by atoms with E-state index in [1.54, 1.807) is 0 Å². The van der Waals surface area contributed by atoms with Gasteiger partial charge in [0.05, 0.1) is 6.42 Å². The van der Waals surface area contributed by atoms with Crippen molar-refractivity contribution in [3.05, 3.63) is 35.4 Å². The normalized spacial score (nSPS) is 17.7. The molecule has 19 heavy (non-hydrogen) atoms. The van der Waals surface area contributed by atoms with E-state index >= 15 is 0 Å². The summed E-state index contributed by atoms with van der Waals surface area (Å²) in [5, 5.41) is 2.11.